The van der Waals surface area contributed by atoms with Crippen LogP contribution >= 0.6 is 27.7 Å². The number of halogens is 1. The fraction of sp³-hybridized carbons (Fsp3) is 0.263. The van der Waals surface area contributed by atoms with Crippen LogP contribution in [0.1, 0.15) is 12.5 Å². The summed E-state index contributed by atoms with van der Waals surface area (Å²) in [4.78, 5) is 26.1. The van der Waals surface area contributed by atoms with Crippen LogP contribution in [0.15, 0.2) is 51.8 Å². The van der Waals surface area contributed by atoms with Gasteiger partial charge in [0.2, 0.25) is 11.8 Å². The van der Waals surface area contributed by atoms with Gasteiger partial charge in [0.25, 0.3) is 0 Å². The molecular formula is C19H21BrN2O3S. The summed E-state index contributed by atoms with van der Waals surface area (Å²) in [5.74, 6) is 1.02. The molecule has 2 amide bonds. The first kappa shape index (κ1) is 20.3. The minimum Gasteiger partial charge on any atom is -0.496 e. The molecule has 0 saturated heterocycles. The molecule has 0 fully saturated rings. The van der Waals surface area contributed by atoms with Crippen LogP contribution in [0.3, 0.4) is 0 Å². The molecule has 0 aromatic heterocycles. The van der Waals surface area contributed by atoms with Crippen molar-refractivity contribution in [1.29, 1.82) is 0 Å². The predicted molar refractivity (Wildman–Crippen MR) is 109 cm³/mol. The number of hydrogen-bond donors (Lipinski definition) is 1. The fourth-order valence-electron chi connectivity index (χ4n) is 2.31. The zero-order valence-corrected chi connectivity index (χ0v) is 17.3. The molecule has 0 aliphatic heterocycles. The largest absolute Gasteiger partial charge is 0.496 e. The van der Waals surface area contributed by atoms with Crippen LogP contribution < -0.4 is 10.1 Å². The van der Waals surface area contributed by atoms with Gasteiger partial charge in [0.15, 0.2) is 0 Å². The number of rotatable bonds is 7. The van der Waals surface area contributed by atoms with E-state index in [1.165, 1.54) is 18.7 Å². The maximum absolute atomic E-state index is 12.4. The summed E-state index contributed by atoms with van der Waals surface area (Å²) in [5, 5.41) is 2.72. The van der Waals surface area contributed by atoms with Crippen molar-refractivity contribution >= 4 is 45.2 Å². The smallest absolute Gasteiger partial charge is 0.232 e. The van der Waals surface area contributed by atoms with Gasteiger partial charge < -0.3 is 15.0 Å². The molecule has 2 aromatic rings. The molecule has 0 aliphatic rings. The van der Waals surface area contributed by atoms with Crippen molar-refractivity contribution in [2.75, 3.05) is 25.2 Å². The molecule has 26 heavy (non-hydrogen) atoms. The number of methoxy groups -OCH3 is 1. The Labute approximate surface area is 166 Å². The molecule has 1 N–H and O–H groups in total. The van der Waals surface area contributed by atoms with Gasteiger partial charge in [-0.25, -0.2) is 0 Å². The summed E-state index contributed by atoms with van der Waals surface area (Å²) in [6, 6.07) is 13.2. The number of anilines is 1. The fourth-order valence-corrected chi connectivity index (χ4v) is 3.55. The summed E-state index contributed by atoms with van der Waals surface area (Å²) in [7, 11) is 3.40. The number of amides is 2. The summed E-state index contributed by atoms with van der Waals surface area (Å²) < 4.78 is 6.30. The molecule has 2 aromatic carbocycles. The average Bonchev–Trinajstić information content (AvgIpc) is 2.60. The second-order valence-corrected chi connectivity index (χ2v) is 7.66. The number of thioether (sulfide) groups is 1. The zero-order valence-electron chi connectivity index (χ0n) is 14.9. The highest BCUT2D eigenvalue weighted by Gasteiger charge is 2.13. The molecule has 7 heteroatoms. The van der Waals surface area contributed by atoms with Gasteiger partial charge in [-0.3, -0.25) is 9.59 Å². The maximum Gasteiger partial charge on any atom is 0.232 e. The van der Waals surface area contributed by atoms with E-state index in [0.29, 0.717) is 12.3 Å². The first-order valence-corrected chi connectivity index (χ1v) is 9.73. The summed E-state index contributed by atoms with van der Waals surface area (Å²) in [6.07, 6.45) is 0. The molecule has 0 unspecified atom stereocenters. The lowest BCUT2D eigenvalue weighted by Gasteiger charge is -2.19. The van der Waals surface area contributed by atoms with E-state index in [0.717, 1.165) is 26.4 Å². The van der Waals surface area contributed by atoms with Crippen molar-refractivity contribution < 1.29 is 14.3 Å². The average molecular weight is 437 g/mol. The van der Waals surface area contributed by atoms with Crippen LogP contribution in [0.5, 0.6) is 5.75 Å². The Hall–Kier alpha value is -1.99. The molecule has 2 rings (SSSR count). The van der Waals surface area contributed by atoms with Crippen LogP contribution in [0.2, 0.25) is 0 Å². The van der Waals surface area contributed by atoms with E-state index in [1.54, 1.807) is 19.1 Å². The Morgan fingerprint density at radius 2 is 1.88 bits per heavy atom. The highest BCUT2D eigenvalue weighted by atomic mass is 79.9. The Morgan fingerprint density at radius 3 is 2.50 bits per heavy atom. The van der Waals surface area contributed by atoms with Gasteiger partial charge in [0.05, 0.1) is 12.9 Å². The number of carbonyl (C=O) groups is 2. The predicted octanol–water partition coefficient (Wildman–Crippen LogP) is 4.17. The highest BCUT2D eigenvalue weighted by Crippen LogP contribution is 2.25. The molecule has 0 radical (unpaired) electrons. The van der Waals surface area contributed by atoms with E-state index in [4.69, 9.17) is 4.74 Å². The van der Waals surface area contributed by atoms with E-state index >= 15 is 0 Å². The third-order valence-electron chi connectivity index (χ3n) is 3.61. The van der Waals surface area contributed by atoms with Gasteiger partial charge in [-0.1, -0.05) is 15.9 Å². The molecule has 0 atom stereocenters. The Morgan fingerprint density at radius 1 is 1.19 bits per heavy atom. The van der Waals surface area contributed by atoms with Gasteiger partial charge in [0, 0.05) is 41.1 Å². The van der Waals surface area contributed by atoms with E-state index in [9.17, 15) is 9.59 Å². The first-order valence-electron chi connectivity index (χ1n) is 7.96. The lowest BCUT2D eigenvalue weighted by molar-refractivity contribution is -0.127. The molecule has 0 bridgehead atoms. The second-order valence-electron chi connectivity index (χ2n) is 5.70. The van der Waals surface area contributed by atoms with Crippen LogP contribution in [0.25, 0.3) is 0 Å². The summed E-state index contributed by atoms with van der Waals surface area (Å²) in [5.41, 5.74) is 1.69. The van der Waals surface area contributed by atoms with Gasteiger partial charge in [-0.2, -0.15) is 0 Å². The van der Waals surface area contributed by atoms with Crippen molar-refractivity contribution in [3.05, 3.63) is 52.5 Å². The zero-order chi connectivity index (χ0) is 19.1. The standard InChI is InChI=1S/C19H21BrN2O3S/c1-13(23)21-16-5-7-17(8-6-16)26-12-19(24)22(2)11-14-10-15(20)4-9-18(14)25-3/h4-10H,11-12H2,1-3H3,(H,21,23). The van der Waals surface area contributed by atoms with Crippen molar-refractivity contribution in [2.24, 2.45) is 0 Å². The molecule has 0 heterocycles. The quantitative estimate of drug-likeness (QED) is 0.661. The molecule has 0 spiro atoms. The minimum absolute atomic E-state index is 0.0305. The van der Waals surface area contributed by atoms with Crippen molar-refractivity contribution in [3.8, 4) is 5.75 Å². The second kappa shape index (κ2) is 9.64. The van der Waals surface area contributed by atoms with Gasteiger partial charge in [0.1, 0.15) is 5.75 Å². The SMILES string of the molecule is COc1ccc(Br)cc1CN(C)C(=O)CSc1ccc(NC(C)=O)cc1. The number of nitrogens with zero attached hydrogens (tertiary/aromatic N) is 1. The molecule has 138 valence electrons. The van der Waals surface area contributed by atoms with Crippen LogP contribution in [-0.4, -0.2) is 36.6 Å². The van der Waals surface area contributed by atoms with Gasteiger partial charge in [-0.15, -0.1) is 11.8 Å². The van der Waals surface area contributed by atoms with Crippen molar-refractivity contribution in [2.45, 2.75) is 18.4 Å². The first-order chi connectivity index (χ1) is 12.4. The lowest BCUT2D eigenvalue weighted by Crippen LogP contribution is -2.28. The van der Waals surface area contributed by atoms with Crippen molar-refractivity contribution in [1.82, 2.24) is 4.90 Å². The number of nitrogens with one attached hydrogen (secondary N) is 1. The summed E-state index contributed by atoms with van der Waals surface area (Å²) in [6.45, 7) is 1.95. The van der Waals surface area contributed by atoms with E-state index in [-0.39, 0.29) is 11.8 Å². The topological polar surface area (TPSA) is 58.6 Å². The van der Waals surface area contributed by atoms with Gasteiger partial charge in [-0.05, 0) is 42.5 Å². The van der Waals surface area contributed by atoms with E-state index in [2.05, 4.69) is 21.2 Å². The van der Waals surface area contributed by atoms with E-state index < -0.39 is 0 Å². The normalized spacial score (nSPS) is 10.3. The molecule has 0 saturated carbocycles. The van der Waals surface area contributed by atoms with E-state index in [1.807, 2.05) is 42.5 Å². The van der Waals surface area contributed by atoms with Crippen LogP contribution in [0.4, 0.5) is 5.69 Å². The number of ether oxygens (including phenoxy) is 1. The maximum atomic E-state index is 12.4. The highest BCUT2D eigenvalue weighted by molar-refractivity contribution is 9.10. The molecule has 0 aliphatic carbocycles. The summed E-state index contributed by atoms with van der Waals surface area (Å²) >= 11 is 4.91. The van der Waals surface area contributed by atoms with Crippen molar-refractivity contribution in [3.63, 3.8) is 0 Å². The molecule has 5 nitrogen and oxygen atoms in total. The third-order valence-corrected chi connectivity index (χ3v) is 5.10. The minimum atomic E-state index is -0.106. The Balaban J connectivity index is 1.91. The third kappa shape index (κ3) is 6.07. The van der Waals surface area contributed by atoms with Gasteiger partial charge >= 0.3 is 0 Å². The number of benzene rings is 2. The van der Waals surface area contributed by atoms with Crippen LogP contribution in [0, 0.1) is 0 Å². The molecular weight excluding hydrogens is 416 g/mol. The number of hydrogen-bond acceptors (Lipinski definition) is 4. The Bertz CT molecular complexity index is 781. The lowest BCUT2D eigenvalue weighted by atomic mass is 10.2. The number of carbonyl (C=O) groups excluding carboxylic acids is 2. The van der Waals surface area contributed by atoms with Crippen LogP contribution in [-0.2, 0) is 16.1 Å². The Kier molecular flexibility index (Phi) is 7.53. The monoisotopic (exact) mass is 436 g/mol.